The van der Waals surface area contributed by atoms with Gasteiger partial charge in [0.2, 0.25) is 5.91 Å². The lowest BCUT2D eigenvalue weighted by Crippen LogP contribution is -2.40. The van der Waals surface area contributed by atoms with Crippen LogP contribution in [-0.4, -0.2) is 17.4 Å². The van der Waals surface area contributed by atoms with Crippen LogP contribution in [0.25, 0.3) is 0 Å². The van der Waals surface area contributed by atoms with Gasteiger partial charge in [-0.1, -0.05) is 33.3 Å². The number of carbonyl (C=O) groups excluding carboxylic acids is 1. The highest BCUT2D eigenvalue weighted by Gasteiger charge is 2.35. The van der Waals surface area contributed by atoms with E-state index in [4.69, 9.17) is 0 Å². The van der Waals surface area contributed by atoms with Crippen molar-refractivity contribution in [3.8, 4) is 0 Å². The first-order chi connectivity index (χ1) is 10.1. The molecule has 0 spiro atoms. The Kier molecular flexibility index (Phi) is 5.77. The SMILES string of the molecule is CC1CCC(C(C)C)C(C(=O)NCCc2ccccn2)C1. The summed E-state index contributed by atoms with van der Waals surface area (Å²) in [6.45, 7) is 7.44. The number of pyridine rings is 1. The lowest BCUT2D eigenvalue weighted by Gasteiger charge is -2.36. The zero-order valence-electron chi connectivity index (χ0n) is 13.5. The molecule has 3 nitrogen and oxygen atoms in total. The Hall–Kier alpha value is -1.38. The van der Waals surface area contributed by atoms with Crippen molar-refractivity contribution < 1.29 is 4.79 Å². The molecule has 3 heteroatoms. The van der Waals surface area contributed by atoms with E-state index in [0.717, 1.165) is 18.5 Å². The standard InChI is InChI=1S/C18H28N2O/c1-13(2)16-8-7-14(3)12-17(16)18(21)20-11-9-15-6-4-5-10-19-15/h4-6,10,13-14,16-17H,7-9,11-12H2,1-3H3,(H,20,21). The Morgan fingerprint density at radius 2 is 2.19 bits per heavy atom. The molecule has 0 aromatic carbocycles. The molecular formula is C18H28N2O. The van der Waals surface area contributed by atoms with Gasteiger partial charge in [-0.2, -0.15) is 0 Å². The molecule has 1 N–H and O–H groups in total. The van der Waals surface area contributed by atoms with Gasteiger partial charge in [-0.15, -0.1) is 0 Å². The molecule has 3 unspecified atom stereocenters. The van der Waals surface area contributed by atoms with Gasteiger partial charge in [-0.05, 0) is 42.7 Å². The second-order valence-corrected chi connectivity index (χ2v) is 6.79. The summed E-state index contributed by atoms with van der Waals surface area (Å²) in [5.41, 5.74) is 1.04. The lowest BCUT2D eigenvalue weighted by molar-refractivity contribution is -0.129. The van der Waals surface area contributed by atoms with Crippen molar-refractivity contribution in [2.75, 3.05) is 6.54 Å². The summed E-state index contributed by atoms with van der Waals surface area (Å²) in [6, 6.07) is 5.91. The molecule has 1 heterocycles. The molecule has 1 aliphatic rings. The Balaban J connectivity index is 1.85. The van der Waals surface area contributed by atoms with Crippen LogP contribution in [0.2, 0.25) is 0 Å². The number of hydrogen-bond acceptors (Lipinski definition) is 2. The Bertz CT molecular complexity index is 444. The van der Waals surface area contributed by atoms with Crippen LogP contribution in [0, 0.1) is 23.7 Å². The van der Waals surface area contributed by atoms with E-state index in [2.05, 4.69) is 31.1 Å². The summed E-state index contributed by atoms with van der Waals surface area (Å²) in [4.78, 5) is 16.8. The first-order valence-electron chi connectivity index (χ1n) is 8.25. The number of nitrogens with one attached hydrogen (secondary N) is 1. The molecule has 0 bridgehead atoms. The molecule has 1 aromatic rings. The molecule has 0 saturated heterocycles. The summed E-state index contributed by atoms with van der Waals surface area (Å²) >= 11 is 0. The zero-order chi connectivity index (χ0) is 15.2. The summed E-state index contributed by atoms with van der Waals surface area (Å²) in [5, 5.41) is 3.13. The third-order valence-corrected chi connectivity index (χ3v) is 4.77. The van der Waals surface area contributed by atoms with Crippen molar-refractivity contribution in [3.05, 3.63) is 30.1 Å². The minimum atomic E-state index is 0.192. The van der Waals surface area contributed by atoms with Gasteiger partial charge >= 0.3 is 0 Å². The van der Waals surface area contributed by atoms with Crippen molar-refractivity contribution in [2.45, 2.75) is 46.5 Å². The average Bonchev–Trinajstić information content (AvgIpc) is 2.47. The minimum Gasteiger partial charge on any atom is -0.355 e. The van der Waals surface area contributed by atoms with Crippen LogP contribution in [0.15, 0.2) is 24.4 Å². The van der Waals surface area contributed by atoms with Gasteiger partial charge < -0.3 is 5.32 Å². The van der Waals surface area contributed by atoms with Gasteiger partial charge in [-0.25, -0.2) is 0 Å². The fourth-order valence-electron chi connectivity index (χ4n) is 3.49. The van der Waals surface area contributed by atoms with E-state index in [1.54, 1.807) is 6.20 Å². The van der Waals surface area contributed by atoms with E-state index >= 15 is 0 Å². The number of amides is 1. The number of hydrogen-bond donors (Lipinski definition) is 1. The Morgan fingerprint density at radius 1 is 1.38 bits per heavy atom. The van der Waals surface area contributed by atoms with Gasteiger partial charge in [0.15, 0.2) is 0 Å². The third-order valence-electron chi connectivity index (χ3n) is 4.77. The van der Waals surface area contributed by atoms with Gasteiger partial charge in [0, 0.05) is 30.8 Å². The molecule has 1 aromatic heterocycles. The van der Waals surface area contributed by atoms with Crippen LogP contribution in [0.3, 0.4) is 0 Å². The summed E-state index contributed by atoms with van der Waals surface area (Å²) < 4.78 is 0. The fourth-order valence-corrected chi connectivity index (χ4v) is 3.49. The second-order valence-electron chi connectivity index (χ2n) is 6.79. The molecule has 116 valence electrons. The molecule has 1 fully saturated rings. The van der Waals surface area contributed by atoms with E-state index in [0.29, 0.717) is 24.3 Å². The largest absolute Gasteiger partial charge is 0.355 e. The molecule has 0 radical (unpaired) electrons. The number of rotatable bonds is 5. The predicted octanol–water partition coefficient (Wildman–Crippen LogP) is 3.45. The van der Waals surface area contributed by atoms with E-state index in [1.807, 2.05) is 18.2 Å². The van der Waals surface area contributed by atoms with E-state index < -0.39 is 0 Å². The molecule has 3 atom stereocenters. The van der Waals surface area contributed by atoms with E-state index in [1.165, 1.54) is 12.8 Å². The lowest BCUT2D eigenvalue weighted by atomic mass is 9.70. The molecular weight excluding hydrogens is 260 g/mol. The fraction of sp³-hybridized carbons (Fsp3) is 0.667. The van der Waals surface area contributed by atoms with E-state index in [9.17, 15) is 4.79 Å². The van der Waals surface area contributed by atoms with Crippen molar-refractivity contribution in [2.24, 2.45) is 23.7 Å². The maximum absolute atomic E-state index is 12.5. The second kappa shape index (κ2) is 7.58. The summed E-state index contributed by atoms with van der Waals surface area (Å²) in [5.74, 6) is 2.24. The van der Waals surface area contributed by atoms with Crippen LogP contribution in [0.1, 0.15) is 45.7 Å². The molecule has 0 aliphatic heterocycles. The normalized spacial score (nSPS) is 25.8. The van der Waals surface area contributed by atoms with Crippen LogP contribution in [-0.2, 0) is 11.2 Å². The number of nitrogens with zero attached hydrogens (tertiary/aromatic N) is 1. The highest BCUT2D eigenvalue weighted by atomic mass is 16.1. The molecule has 1 saturated carbocycles. The number of aromatic nitrogens is 1. The van der Waals surface area contributed by atoms with Crippen LogP contribution in [0.5, 0.6) is 0 Å². The highest BCUT2D eigenvalue weighted by molar-refractivity contribution is 5.79. The van der Waals surface area contributed by atoms with Gasteiger partial charge in [0.05, 0.1) is 0 Å². The van der Waals surface area contributed by atoms with Crippen molar-refractivity contribution >= 4 is 5.91 Å². The van der Waals surface area contributed by atoms with E-state index in [-0.39, 0.29) is 11.8 Å². The Labute approximate surface area is 128 Å². The van der Waals surface area contributed by atoms with Crippen LogP contribution < -0.4 is 5.32 Å². The number of carbonyl (C=O) groups is 1. The third kappa shape index (κ3) is 4.55. The molecule has 21 heavy (non-hydrogen) atoms. The average molecular weight is 288 g/mol. The zero-order valence-corrected chi connectivity index (χ0v) is 13.5. The summed E-state index contributed by atoms with van der Waals surface area (Å²) in [7, 11) is 0. The summed E-state index contributed by atoms with van der Waals surface area (Å²) in [6.07, 6.45) is 6.10. The predicted molar refractivity (Wildman–Crippen MR) is 85.8 cm³/mol. The molecule has 2 rings (SSSR count). The molecule has 1 aliphatic carbocycles. The monoisotopic (exact) mass is 288 g/mol. The van der Waals surface area contributed by atoms with Crippen molar-refractivity contribution in [1.82, 2.24) is 10.3 Å². The van der Waals surface area contributed by atoms with Crippen LogP contribution >= 0.6 is 0 Å². The first kappa shape index (κ1) is 16.0. The van der Waals surface area contributed by atoms with Gasteiger partial charge in [0.25, 0.3) is 0 Å². The van der Waals surface area contributed by atoms with Crippen molar-refractivity contribution in [3.63, 3.8) is 0 Å². The smallest absolute Gasteiger partial charge is 0.223 e. The van der Waals surface area contributed by atoms with Crippen molar-refractivity contribution in [1.29, 1.82) is 0 Å². The maximum Gasteiger partial charge on any atom is 0.223 e. The first-order valence-corrected chi connectivity index (χ1v) is 8.25. The van der Waals surface area contributed by atoms with Gasteiger partial charge in [0.1, 0.15) is 0 Å². The maximum atomic E-state index is 12.5. The minimum absolute atomic E-state index is 0.192. The van der Waals surface area contributed by atoms with Crippen LogP contribution in [0.4, 0.5) is 0 Å². The Morgan fingerprint density at radius 3 is 2.86 bits per heavy atom. The van der Waals surface area contributed by atoms with Gasteiger partial charge in [-0.3, -0.25) is 9.78 Å². The molecule has 1 amide bonds. The topological polar surface area (TPSA) is 42.0 Å². The quantitative estimate of drug-likeness (QED) is 0.901. The highest BCUT2D eigenvalue weighted by Crippen LogP contribution is 2.37.